The quantitative estimate of drug-likeness (QED) is 0.439. The number of aryl methyl sites for hydroxylation is 1. The Kier molecular flexibility index (Phi) is 11.3. The number of hydrogen-bond donors (Lipinski definition) is 3. The zero-order valence-electron chi connectivity index (χ0n) is 14.4. The monoisotopic (exact) mass is 348 g/mol. The molecule has 0 heterocycles. The van der Waals surface area contributed by atoms with E-state index >= 15 is 0 Å². The number of hydrogen-bond acceptors (Lipinski definition) is 3. The van der Waals surface area contributed by atoms with Crippen LogP contribution < -0.4 is 0 Å². The summed E-state index contributed by atoms with van der Waals surface area (Å²) in [4.78, 5) is 21.7. The maximum Gasteiger partial charge on any atom is 0.324 e. The summed E-state index contributed by atoms with van der Waals surface area (Å²) < 4.78 is 0. The Morgan fingerprint density at radius 3 is 1.92 bits per heavy atom. The fourth-order valence-corrected chi connectivity index (χ4v) is 2.73. The van der Waals surface area contributed by atoms with Crippen molar-refractivity contribution in [3.63, 3.8) is 0 Å². The van der Waals surface area contributed by atoms with Crippen molar-refractivity contribution in [2.75, 3.05) is 0 Å². The molecule has 2 aromatic rings. The van der Waals surface area contributed by atoms with Crippen LogP contribution in [0.4, 0.5) is 0 Å². The van der Waals surface area contributed by atoms with Gasteiger partial charge in [0.25, 0.3) is 0 Å². The van der Waals surface area contributed by atoms with Gasteiger partial charge in [-0.1, -0.05) is 93.6 Å². The van der Waals surface area contributed by atoms with E-state index in [-0.39, 0.29) is 0 Å². The van der Waals surface area contributed by atoms with Crippen LogP contribution >= 0.6 is 8.60 Å². The van der Waals surface area contributed by atoms with Crippen LogP contribution in [0.15, 0.2) is 54.6 Å². The normalized spacial score (nSPS) is 10.4. The van der Waals surface area contributed by atoms with Gasteiger partial charge in [-0.25, -0.2) is 0 Å². The molecule has 0 atom stereocenters. The average Bonchev–Trinajstić information content (AvgIpc) is 2.59. The Bertz CT molecular complexity index is 541. The van der Waals surface area contributed by atoms with E-state index in [2.05, 4.69) is 61.5 Å². The third-order valence-electron chi connectivity index (χ3n) is 3.90. The molecule has 3 N–H and O–H groups in total. The molecule has 2 rings (SSSR count). The standard InChI is InChI=1S/C20H26.H3O3P/c1-2-3-4-5-6-8-13-19-16-11-12-17-20(19)18-14-9-7-10-15-18;1-4(2)3/h7,9-12,14-17H,2-6,8,13H2,1H3;1-3H. The van der Waals surface area contributed by atoms with Gasteiger partial charge in [0.1, 0.15) is 0 Å². The highest BCUT2D eigenvalue weighted by Crippen LogP contribution is 2.25. The summed E-state index contributed by atoms with van der Waals surface area (Å²) in [7, 11) is -2.62. The molecule has 0 unspecified atom stereocenters. The molecule has 0 aliphatic heterocycles. The largest absolute Gasteiger partial charge is 0.328 e. The molecule has 0 fully saturated rings. The van der Waals surface area contributed by atoms with Gasteiger partial charge in [-0.15, -0.1) is 0 Å². The van der Waals surface area contributed by atoms with Crippen LogP contribution in [0.5, 0.6) is 0 Å². The fourth-order valence-electron chi connectivity index (χ4n) is 2.73. The summed E-state index contributed by atoms with van der Waals surface area (Å²) in [5, 5.41) is 0. The van der Waals surface area contributed by atoms with Gasteiger partial charge < -0.3 is 14.7 Å². The van der Waals surface area contributed by atoms with Crippen molar-refractivity contribution in [3.8, 4) is 11.1 Å². The van der Waals surface area contributed by atoms with Gasteiger partial charge >= 0.3 is 8.60 Å². The van der Waals surface area contributed by atoms with Gasteiger partial charge in [0.15, 0.2) is 0 Å². The van der Waals surface area contributed by atoms with Gasteiger partial charge in [0, 0.05) is 0 Å². The third kappa shape index (κ3) is 9.14. The summed E-state index contributed by atoms with van der Waals surface area (Å²) in [6.45, 7) is 2.27. The minimum atomic E-state index is -2.62. The van der Waals surface area contributed by atoms with Crippen LogP contribution in [0, 0.1) is 0 Å². The van der Waals surface area contributed by atoms with Crippen LogP contribution in [0.3, 0.4) is 0 Å². The summed E-state index contributed by atoms with van der Waals surface area (Å²) >= 11 is 0. The van der Waals surface area contributed by atoms with Crippen LogP contribution in [-0.2, 0) is 6.42 Å². The molecule has 0 saturated carbocycles. The van der Waals surface area contributed by atoms with E-state index in [1.165, 1.54) is 61.6 Å². The van der Waals surface area contributed by atoms with E-state index in [9.17, 15) is 0 Å². The van der Waals surface area contributed by atoms with Crippen LogP contribution in [0.25, 0.3) is 11.1 Å². The summed E-state index contributed by atoms with van der Waals surface area (Å²) in [5.41, 5.74) is 4.24. The second-order valence-electron chi connectivity index (χ2n) is 5.81. The molecule has 2 aromatic carbocycles. The van der Waals surface area contributed by atoms with Gasteiger partial charge in [-0.2, -0.15) is 0 Å². The first-order valence-corrected chi connectivity index (χ1v) is 9.85. The molecule has 0 amide bonds. The number of unbranched alkanes of at least 4 members (excludes halogenated alkanes) is 5. The highest BCUT2D eigenvalue weighted by atomic mass is 31.2. The summed E-state index contributed by atoms with van der Waals surface area (Å²) in [6, 6.07) is 19.6. The van der Waals surface area contributed by atoms with Crippen molar-refractivity contribution in [1.82, 2.24) is 0 Å². The van der Waals surface area contributed by atoms with E-state index in [1.807, 2.05) is 0 Å². The lowest BCUT2D eigenvalue weighted by atomic mass is 9.96. The summed E-state index contributed by atoms with van der Waals surface area (Å²) in [6.07, 6.45) is 9.39. The predicted octanol–water partition coefficient (Wildman–Crippen LogP) is 5.45. The van der Waals surface area contributed by atoms with Gasteiger partial charge in [0.05, 0.1) is 0 Å². The van der Waals surface area contributed by atoms with Gasteiger partial charge in [-0.05, 0) is 29.5 Å². The molecule has 0 aliphatic rings. The maximum absolute atomic E-state index is 7.23. The summed E-state index contributed by atoms with van der Waals surface area (Å²) in [5.74, 6) is 0. The van der Waals surface area contributed by atoms with Gasteiger partial charge in [0.2, 0.25) is 0 Å². The molecule has 0 bridgehead atoms. The Morgan fingerprint density at radius 1 is 0.708 bits per heavy atom. The predicted molar refractivity (Wildman–Crippen MR) is 103 cm³/mol. The first kappa shape index (κ1) is 20.8. The highest BCUT2D eigenvalue weighted by Gasteiger charge is 2.03. The Labute approximate surface area is 147 Å². The Balaban J connectivity index is 0.000000648. The zero-order chi connectivity index (χ0) is 17.6. The highest BCUT2D eigenvalue weighted by molar-refractivity contribution is 7.38. The van der Waals surface area contributed by atoms with Crippen molar-refractivity contribution < 1.29 is 14.7 Å². The second-order valence-corrected chi connectivity index (χ2v) is 6.35. The lowest BCUT2D eigenvalue weighted by Crippen LogP contribution is -1.90. The van der Waals surface area contributed by atoms with Crippen molar-refractivity contribution in [2.24, 2.45) is 0 Å². The smallest absolute Gasteiger partial charge is 0.324 e. The third-order valence-corrected chi connectivity index (χ3v) is 3.90. The molecular formula is C20H29O3P. The van der Waals surface area contributed by atoms with Gasteiger partial charge in [-0.3, -0.25) is 0 Å². The molecular weight excluding hydrogens is 319 g/mol. The number of rotatable bonds is 8. The molecule has 0 aromatic heterocycles. The zero-order valence-corrected chi connectivity index (χ0v) is 15.3. The fraction of sp³-hybridized carbons (Fsp3) is 0.400. The van der Waals surface area contributed by atoms with E-state index < -0.39 is 8.60 Å². The average molecular weight is 348 g/mol. The molecule has 0 spiro atoms. The van der Waals surface area contributed by atoms with E-state index in [4.69, 9.17) is 14.7 Å². The minimum Gasteiger partial charge on any atom is -0.328 e. The second kappa shape index (κ2) is 13.1. The van der Waals surface area contributed by atoms with E-state index in [1.54, 1.807) is 0 Å². The first-order chi connectivity index (χ1) is 11.6. The molecule has 4 heteroatoms. The number of benzene rings is 2. The Morgan fingerprint density at radius 2 is 1.25 bits per heavy atom. The van der Waals surface area contributed by atoms with Crippen molar-refractivity contribution in [3.05, 3.63) is 60.2 Å². The molecule has 132 valence electrons. The van der Waals surface area contributed by atoms with Crippen molar-refractivity contribution >= 4 is 8.60 Å². The van der Waals surface area contributed by atoms with E-state index in [0.717, 1.165) is 0 Å². The lowest BCUT2D eigenvalue weighted by molar-refractivity contribution is 0.368. The van der Waals surface area contributed by atoms with Crippen LogP contribution in [0.1, 0.15) is 51.0 Å². The van der Waals surface area contributed by atoms with Crippen molar-refractivity contribution in [2.45, 2.75) is 51.9 Å². The molecule has 0 aliphatic carbocycles. The van der Waals surface area contributed by atoms with Crippen molar-refractivity contribution in [1.29, 1.82) is 0 Å². The Hall–Kier alpha value is -1.25. The van der Waals surface area contributed by atoms with Crippen LogP contribution in [-0.4, -0.2) is 14.7 Å². The minimum absolute atomic E-state index is 1.21. The topological polar surface area (TPSA) is 60.7 Å². The first-order valence-electron chi connectivity index (χ1n) is 8.65. The molecule has 24 heavy (non-hydrogen) atoms. The van der Waals surface area contributed by atoms with Crippen LogP contribution in [0.2, 0.25) is 0 Å². The molecule has 0 radical (unpaired) electrons. The maximum atomic E-state index is 7.23. The molecule has 0 saturated heterocycles. The van der Waals surface area contributed by atoms with E-state index in [0.29, 0.717) is 0 Å². The lowest BCUT2D eigenvalue weighted by Gasteiger charge is -2.09. The SMILES string of the molecule is CCCCCCCCc1ccccc1-c1ccccc1.OP(O)O. The molecule has 3 nitrogen and oxygen atoms in total.